The first-order valence-electron chi connectivity index (χ1n) is 3.09. The quantitative estimate of drug-likeness (QED) is 0.608. The Balaban J connectivity index is 0.00000144. The Morgan fingerprint density at radius 1 is 1.46 bits per heavy atom. The Kier molecular flexibility index (Phi) is 4.09. The summed E-state index contributed by atoms with van der Waals surface area (Å²) in [6, 6.07) is 4.89. The molecule has 0 bridgehead atoms. The van der Waals surface area contributed by atoms with Crippen molar-refractivity contribution in [2.75, 3.05) is 0 Å². The van der Waals surface area contributed by atoms with Crippen LogP contribution >= 0.6 is 0 Å². The van der Waals surface area contributed by atoms with Crippen LogP contribution in [0.15, 0.2) is 24.3 Å². The number of aromatic carboxylic acids is 1. The van der Waals surface area contributed by atoms with Gasteiger partial charge in [0.1, 0.15) is 0 Å². The molecule has 0 saturated carbocycles. The Morgan fingerprint density at radius 2 is 2.08 bits per heavy atom. The van der Waals surface area contributed by atoms with Gasteiger partial charge >= 0.3 is 5.97 Å². The smallest absolute Gasteiger partial charge is 0.335 e. The van der Waals surface area contributed by atoms with E-state index in [0.717, 1.165) is 6.07 Å². The molecule has 0 atom stereocenters. The van der Waals surface area contributed by atoms with Crippen molar-refractivity contribution in [1.29, 1.82) is 0 Å². The van der Waals surface area contributed by atoms with Crippen molar-refractivity contribution in [3.63, 3.8) is 0 Å². The van der Waals surface area contributed by atoms with Crippen LogP contribution in [0.4, 0.5) is 5.69 Å². The van der Waals surface area contributed by atoms with Crippen LogP contribution in [0.2, 0.25) is 0 Å². The van der Waals surface area contributed by atoms with Crippen LogP contribution in [0, 0.1) is 10.1 Å². The molecule has 0 aromatic heterocycles. The number of carboxylic acids is 1. The molecule has 0 heterocycles. The van der Waals surface area contributed by atoms with E-state index in [0.29, 0.717) is 0 Å². The fourth-order valence-electron chi connectivity index (χ4n) is 0.753. The Bertz CT molecular complexity index is 310. The van der Waals surface area contributed by atoms with E-state index in [9.17, 15) is 14.9 Å². The Hall–Kier alpha value is -1.40. The minimum absolute atomic E-state index is 0. The molecule has 71 valence electrons. The standard InChI is InChI=1S/C7H5NO4.Co/c9-7(10)5-2-1-3-6(4-5)8(11)12;/h1-4H,(H,9,10);. The van der Waals surface area contributed by atoms with Crippen LogP contribution in [-0.4, -0.2) is 16.0 Å². The molecule has 0 amide bonds. The summed E-state index contributed by atoms with van der Waals surface area (Å²) in [5, 5.41) is 18.7. The molecule has 5 nitrogen and oxygen atoms in total. The van der Waals surface area contributed by atoms with E-state index in [4.69, 9.17) is 5.11 Å². The average Bonchev–Trinajstić information content (AvgIpc) is 2.04. The zero-order valence-corrected chi connectivity index (χ0v) is 7.30. The second kappa shape index (κ2) is 4.58. The summed E-state index contributed by atoms with van der Waals surface area (Å²) in [6.07, 6.45) is 0. The second-order valence-electron chi connectivity index (χ2n) is 2.11. The van der Waals surface area contributed by atoms with E-state index in [1.165, 1.54) is 18.2 Å². The van der Waals surface area contributed by atoms with Crippen LogP contribution in [0.5, 0.6) is 0 Å². The summed E-state index contributed by atoms with van der Waals surface area (Å²) < 4.78 is 0. The maximum Gasteiger partial charge on any atom is 0.335 e. The molecule has 1 rings (SSSR count). The molecule has 0 aliphatic heterocycles. The van der Waals surface area contributed by atoms with Gasteiger partial charge in [0.2, 0.25) is 0 Å². The Morgan fingerprint density at radius 3 is 2.54 bits per heavy atom. The number of non-ortho nitro benzene ring substituents is 1. The monoisotopic (exact) mass is 226 g/mol. The first kappa shape index (κ1) is 11.6. The number of carboxylic acid groups (broad SMARTS) is 1. The molecule has 1 aromatic rings. The van der Waals surface area contributed by atoms with Crippen molar-refractivity contribution in [3.8, 4) is 0 Å². The number of nitro benzene ring substituents is 1. The van der Waals surface area contributed by atoms with Crippen molar-refractivity contribution < 1.29 is 31.6 Å². The predicted molar refractivity (Wildman–Crippen MR) is 40.1 cm³/mol. The summed E-state index contributed by atoms with van der Waals surface area (Å²) in [6.45, 7) is 0. The predicted octanol–water partition coefficient (Wildman–Crippen LogP) is 1.29. The molecule has 6 heteroatoms. The zero-order valence-electron chi connectivity index (χ0n) is 6.26. The van der Waals surface area contributed by atoms with Crippen LogP contribution in [0.1, 0.15) is 10.4 Å². The molecule has 0 unspecified atom stereocenters. The first-order chi connectivity index (χ1) is 5.61. The summed E-state index contributed by atoms with van der Waals surface area (Å²) in [5.41, 5.74) is -0.292. The molecule has 1 N–H and O–H groups in total. The first-order valence-corrected chi connectivity index (χ1v) is 3.09. The number of carbonyl (C=O) groups is 1. The SMILES string of the molecule is O=C(O)c1cccc([N+](=O)[O-])c1.[Co]. The summed E-state index contributed by atoms with van der Waals surface area (Å²) >= 11 is 0. The molecular weight excluding hydrogens is 221 g/mol. The molecule has 13 heavy (non-hydrogen) atoms. The number of nitro groups is 1. The molecule has 1 radical (unpaired) electrons. The van der Waals surface area contributed by atoms with E-state index in [2.05, 4.69) is 0 Å². The van der Waals surface area contributed by atoms with Crippen LogP contribution in [0.3, 0.4) is 0 Å². The largest absolute Gasteiger partial charge is 0.478 e. The second-order valence-corrected chi connectivity index (χ2v) is 2.11. The zero-order chi connectivity index (χ0) is 9.14. The minimum Gasteiger partial charge on any atom is -0.478 e. The molecule has 0 spiro atoms. The minimum atomic E-state index is -1.17. The fraction of sp³-hybridized carbons (Fsp3) is 0. The van der Waals surface area contributed by atoms with Crippen molar-refractivity contribution in [1.82, 2.24) is 0 Å². The number of rotatable bonds is 2. The molecule has 0 aliphatic carbocycles. The van der Waals surface area contributed by atoms with Crippen LogP contribution < -0.4 is 0 Å². The third-order valence-corrected chi connectivity index (χ3v) is 1.30. The summed E-state index contributed by atoms with van der Waals surface area (Å²) in [4.78, 5) is 19.9. The third kappa shape index (κ3) is 2.84. The van der Waals surface area contributed by atoms with E-state index in [1.54, 1.807) is 0 Å². The van der Waals surface area contributed by atoms with Crippen molar-refractivity contribution in [3.05, 3.63) is 39.9 Å². The molecule has 0 aliphatic rings. The number of benzene rings is 1. The van der Waals surface area contributed by atoms with Gasteiger partial charge in [-0.25, -0.2) is 4.79 Å². The third-order valence-electron chi connectivity index (χ3n) is 1.30. The van der Waals surface area contributed by atoms with Gasteiger partial charge in [0.05, 0.1) is 10.5 Å². The van der Waals surface area contributed by atoms with Gasteiger partial charge in [-0.3, -0.25) is 10.1 Å². The maximum absolute atomic E-state index is 10.4. The van der Waals surface area contributed by atoms with E-state index in [1.807, 2.05) is 0 Å². The van der Waals surface area contributed by atoms with Crippen molar-refractivity contribution in [2.45, 2.75) is 0 Å². The van der Waals surface area contributed by atoms with Crippen LogP contribution in [0.25, 0.3) is 0 Å². The van der Waals surface area contributed by atoms with E-state index >= 15 is 0 Å². The van der Waals surface area contributed by atoms with Gasteiger partial charge in [0.25, 0.3) is 5.69 Å². The topological polar surface area (TPSA) is 80.4 Å². The van der Waals surface area contributed by atoms with Gasteiger partial charge in [-0.05, 0) is 6.07 Å². The van der Waals surface area contributed by atoms with E-state index in [-0.39, 0.29) is 28.0 Å². The summed E-state index contributed by atoms with van der Waals surface area (Å²) in [7, 11) is 0. The Labute approximate surface area is 83.7 Å². The van der Waals surface area contributed by atoms with Gasteiger partial charge in [-0.15, -0.1) is 0 Å². The maximum atomic E-state index is 10.4. The average molecular weight is 226 g/mol. The van der Waals surface area contributed by atoms with Gasteiger partial charge in [0, 0.05) is 28.9 Å². The molecule has 0 fully saturated rings. The van der Waals surface area contributed by atoms with Crippen LogP contribution in [-0.2, 0) is 16.8 Å². The van der Waals surface area contributed by atoms with Crippen molar-refractivity contribution in [2.24, 2.45) is 0 Å². The number of hydrogen-bond donors (Lipinski definition) is 1. The van der Waals surface area contributed by atoms with Gasteiger partial charge < -0.3 is 5.11 Å². The number of nitrogens with zero attached hydrogens (tertiary/aromatic N) is 1. The molecular formula is C7H5CoNO4. The number of hydrogen-bond acceptors (Lipinski definition) is 3. The normalized spacial score (nSPS) is 8.62. The van der Waals surface area contributed by atoms with Crippen molar-refractivity contribution >= 4 is 11.7 Å². The van der Waals surface area contributed by atoms with Gasteiger partial charge in [0.15, 0.2) is 0 Å². The molecule has 1 aromatic carbocycles. The molecule has 0 saturated heterocycles. The van der Waals surface area contributed by atoms with E-state index < -0.39 is 10.9 Å². The van der Waals surface area contributed by atoms with Gasteiger partial charge in [-0.1, -0.05) is 6.07 Å². The summed E-state index contributed by atoms with van der Waals surface area (Å²) in [5.74, 6) is -1.17. The van der Waals surface area contributed by atoms with Gasteiger partial charge in [-0.2, -0.15) is 0 Å². The fourth-order valence-corrected chi connectivity index (χ4v) is 0.753.